The van der Waals surface area contributed by atoms with Gasteiger partial charge in [-0.3, -0.25) is 4.79 Å². The number of amides is 1. The van der Waals surface area contributed by atoms with Crippen LogP contribution >= 0.6 is 11.8 Å². The Morgan fingerprint density at radius 2 is 1.90 bits per heavy atom. The number of aryl methyl sites for hydroxylation is 2. The second kappa shape index (κ2) is 9.28. The molecular formula is C21H27N3O3S2. The first-order valence-corrected chi connectivity index (χ1v) is 12.1. The number of hydrogen-bond donors (Lipinski definition) is 0. The van der Waals surface area contributed by atoms with Gasteiger partial charge in [-0.1, -0.05) is 35.5 Å². The summed E-state index contributed by atoms with van der Waals surface area (Å²) < 4.78 is 26.6. The summed E-state index contributed by atoms with van der Waals surface area (Å²) in [4.78, 5) is 18.6. The summed E-state index contributed by atoms with van der Waals surface area (Å²) in [6.45, 7) is 5.81. The van der Waals surface area contributed by atoms with Crippen LogP contribution in [0.2, 0.25) is 0 Å². The Bertz CT molecular complexity index is 969. The molecule has 1 amide bonds. The van der Waals surface area contributed by atoms with Crippen LogP contribution in [0.5, 0.6) is 0 Å². The van der Waals surface area contributed by atoms with Gasteiger partial charge in [0, 0.05) is 32.9 Å². The van der Waals surface area contributed by atoms with Crippen molar-refractivity contribution in [2.75, 3.05) is 25.9 Å². The van der Waals surface area contributed by atoms with Crippen molar-refractivity contribution in [2.45, 2.75) is 43.2 Å². The maximum atomic E-state index is 12.5. The van der Waals surface area contributed by atoms with Crippen LogP contribution in [0, 0.1) is 13.8 Å². The van der Waals surface area contributed by atoms with Crippen molar-refractivity contribution < 1.29 is 13.2 Å². The maximum Gasteiger partial charge on any atom is 0.244 e. The molecule has 0 aliphatic carbocycles. The third kappa shape index (κ3) is 5.38. The van der Waals surface area contributed by atoms with Gasteiger partial charge >= 0.3 is 0 Å². The molecular weight excluding hydrogens is 406 g/mol. The number of nitrogens with zero attached hydrogens (tertiary/aromatic N) is 3. The van der Waals surface area contributed by atoms with Gasteiger partial charge in [0.2, 0.25) is 15.9 Å². The van der Waals surface area contributed by atoms with Crippen LogP contribution in [-0.2, 0) is 21.4 Å². The van der Waals surface area contributed by atoms with Crippen LogP contribution in [0.3, 0.4) is 0 Å². The summed E-state index contributed by atoms with van der Waals surface area (Å²) in [5.74, 6) is 0.262. The van der Waals surface area contributed by atoms with Gasteiger partial charge in [-0.25, -0.2) is 13.4 Å². The highest BCUT2D eigenvalue weighted by Crippen LogP contribution is 2.23. The molecule has 0 bridgehead atoms. The van der Waals surface area contributed by atoms with Crippen LogP contribution in [0.4, 0.5) is 0 Å². The number of hydrogen-bond acceptors (Lipinski definition) is 5. The van der Waals surface area contributed by atoms with E-state index in [1.54, 1.807) is 24.1 Å². The summed E-state index contributed by atoms with van der Waals surface area (Å²) in [5, 5.41) is 0.638. The molecule has 1 aliphatic heterocycles. The quantitative estimate of drug-likeness (QED) is 0.627. The minimum atomic E-state index is -3.46. The fourth-order valence-electron chi connectivity index (χ4n) is 3.30. The minimum absolute atomic E-state index is 0.00513. The Hall–Kier alpha value is -1.90. The first-order valence-electron chi connectivity index (χ1n) is 9.66. The van der Waals surface area contributed by atoms with Crippen LogP contribution < -0.4 is 0 Å². The second-order valence-corrected chi connectivity index (χ2v) is 10.3. The maximum absolute atomic E-state index is 12.5. The predicted molar refractivity (Wildman–Crippen MR) is 115 cm³/mol. The molecule has 1 aromatic carbocycles. The lowest BCUT2D eigenvalue weighted by atomic mass is 10.1. The van der Waals surface area contributed by atoms with E-state index in [-0.39, 0.29) is 16.6 Å². The van der Waals surface area contributed by atoms with E-state index in [1.165, 1.54) is 33.4 Å². The van der Waals surface area contributed by atoms with Crippen molar-refractivity contribution in [2.24, 2.45) is 0 Å². The molecule has 1 aromatic heterocycles. The lowest BCUT2D eigenvalue weighted by Crippen LogP contribution is -2.28. The van der Waals surface area contributed by atoms with Crippen molar-refractivity contribution in [3.8, 4) is 0 Å². The lowest BCUT2D eigenvalue weighted by Gasteiger charge is -2.18. The van der Waals surface area contributed by atoms with Gasteiger partial charge in [0.1, 0.15) is 4.90 Å². The van der Waals surface area contributed by atoms with Crippen molar-refractivity contribution in [3.63, 3.8) is 0 Å². The van der Waals surface area contributed by atoms with Crippen LogP contribution in [0.15, 0.2) is 46.5 Å². The molecule has 0 unspecified atom stereocenters. The average molecular weight is 434 g/mol. The van der Waals surface area contributed by atoms with Crippen LogP contribution in [0.1, 0.15) is 29.5 Å². The Balaban J connectivity index is 1.56. The topological polar surface area (TPSA) is 70.6 Å². The van der Waals surface area contributed by atoms with E-state index in [2.05, 4.69) is 37.0 Å². The van der Waals surface area contributed by atoms with Crippen molar-refractivity contribution in [3.05, 3.63) is 53.2 Å². The largest absolute Gasteiger partial charge is 0.341 e. The van der Waals surface area contributed by atoms with Gasteiger partial charge < -0.3 is 4.90 Å². The van der Waals surface area contributed by atoms with Crippen molar-refractivity contribution >= 4 is 27.7 Å². The number of pyridine rings is 1. The van der Waals surface area contributed by atoms with E-state index in [0.717, 1.165) is 18.4 Å². The smallest absolute Gasteiger partial charge is 0.244 e. The van der Waals surface area contributed by atoms with Gasteiger partial charge in [-0.15, -0.1) is 0 Å². The van der Waals surface area contributed by atoms with Gasteiger partial charge in [0.25, 0.3) is 0 Å². The molecule has 0 radical (unpaired) electrons. The zero-order valence-electron chi connectivity index (χ0n) is 17.1. The summed E-state index contributed by atoms with van der Waals surface area (Å²) in [6.07, 6.45) is 3.19. The summed E-state index contributed by atoms with van der Waals surface area (Å²) >= 11 is 1.31. The van der Waals surface area contributed by atoms with E-state index < -0.39 is 10.0 Å². The summed E-state index contributed by atoms with van der Waals surface area (Å²) in [5.41, 5.74) is 3.51. The molecule has 1 fully saturated rings. The molecule has 156 valence electrons. The first-order chi connectivity index (χ1) is 13.8. The Morgan fingerprint density at radius 3 is 2.52 bits per heavy atom. The minimum Gasteiger partial charge on any atom is -0.341 e. The first kappa shape index (κ1) is 21.8. The number of thioether (sulfide) groups is 1. The highest BCUT2D eigenvalue weighted by Gasteiger charge is 2.27. The third-order valence-corrected chi connectivity index (χ3v) is 7.90. The highest BCUT2D eigenvalue weighted by molar-refractivity contribution is 7.99. The standard InChI is InChI=1S/C21H27N3O3S2/c1-16-6-7-18(17(2)12-16)14-23(3)21(25)15-28-20-9-8-19(13-22-20)29(26,27)24-10-4-5-11-24/h6-9,12-13H,4-5,10-11,14-15H2,1-3H3. The van der Waals surface area contributed by atoms with E-state index in [0.29, 0.717) is 24.7 Å². The highest BCUT2D eigenvalue weighted by atomic mass is 32.2. The Labute approximate surface area is 177 Å². The van der Waals surface area contributed by atoms with E-state index >= 15 is 0 Å². The predicted octanol–water partition coefficient (Wildman–Crippen LogP) is 3.23. The molecule has 0 spiro atoms. The molecule has 29 heavy (non-hydrogen) atoms. The molecule has 1 aliphatic rings. The van der Waals surface area contributed by atoms with Gasteiger partial charge in [0.05, 0.1) is 10.8 Å². The fraction of sp³-hybridized carbons (Fsp3) is 0.429. The van der Waals surface area contributed by atoms with E-state index in [1.807, 2.05) is 0 Å². The van der Waals surface area contributed by atoms with Gasteiger partial charge in [-0.05, 0) is 49.9 Å². The molecule has 3 rings (SSSR count). The second-order valence-electron chi connectivity index (χ2n) is 7.41. The Kier molecular flexibility index (Phi) is 6.97. The number of sulfonamides is 1. The molecule has 8 heteroatoms. The summed E-state index contributed by atoms with van der Waals surface area (Å²) in [6, 6.07) is 9.47. The number of rotatable bonds is 7. The molecule has 0 atom stereocenters. The number of aromatic nitrogens is 1. The SMILES string of the molecule is Cc1ccc(CN(C)C(=O)CSc2ccc(S(=O)(=O)N3CCCC3)cn2)c(C)c1. The molecule has 2 heterocycles. The Morgan fingerprint density at radius 1 is 1.17 bits per heavy atom. The average Bonchev–Trinajstić information content (AvgIpc) is 3.24. The molecule has 1 saturated heterocycles. The summed E-state index contributed by atoms with van der Waals surface area (Å²) in [7, 11) is -1.66. The van der Waals surface area contributed by atoms with Crippen molar-refractivity contribution in [1.82, 2.24) is 14.2 Å². The van der Waals surface area contributed by atoms with Crippen LogP contribution in [-0.4, -0.2) is 54.4 Å². The fourth-order valence-corrected chi connectivity index (χ4v) is 5.54. The van der Waals surface area contributed by atoms with Gasteiger partial charge in [0.15, 0.2) is 0 Å². The number of carbonyl (C=O) groups is 1. The number of carbonyl (C=O) groups excluding carboxylic acids is 1. The third-order valence-electron chi connectivity index (χ3n) is 5.09. The van der Waals surface area contributed by atoms with Crippen molar-refractivity contribution in [1.29, 1.82) is 0 Å². The van der Waals surface area contributed by atoms with E-state index in [9.17, 15) is 13.2 Å². The van der Waals surface area contributed by atoms with Gasteiger partial charge in [-0.2, -0.15) is 4.31 Å². The molecule has 0 N–H and O–H groups in total. The molecule has 6 nitrogen and oxygen atoms in total. The van der Waals surface area contributed by atoms with Crippen LogP contribution in [0.25, 0.3) is 0 Å². The number of benzene rings is 1. The van der Waals surface area contributed by atoms with E-state index in [4.69, 9.17) is 0 Å². The zero-order chi connectivity index (χ0) is 21.0. The molecule has 2 aromatic rings. The monoisotopic (exact) mass is 433 g/mol. The zero-order valence-corrected chi connectivity index (χ0v) is 18.7. The normalized spacial score (nSPS) is 14.9. The lowest BCUT2D eigenvalue weighted by molar-refractivity contribution is -0.127. The molecule has 0 saturated carbocycles.